The first kappa shape index (κ1) is 11.6. The molecular formula is C12H17BrO. The molecule has 2 heteroatoms. The number of halogens is 1. The first-order valence-electron chi connectivity index (χ1n) is 4.88. The molecule has 0 amide bonds. The van der Waals surface area contributed by atoms with E-state index in [1.807, 2.05) is 13.0 Å². The molecule has 0 saturated carbocycles. The van der Waals surface area contributed by atoms with E-state index in [2.05, 4.69) is 48.8 Å². The molecule has 1 nitrogen and oxygen atoms in total. The van der Waals surface area contributed by atoms with Crippen LogP contribution in [-0.2, 0) is 5.41 Å². The first-order valence-corrected chi connectivity index (χ1v) is 5.67. The van der Waals surface area contributed by atoms with Gasteiger partial charge in [-0.2, -0.15) is 0 Å². The topological polar surface area (TPSA) is 9.23 Å². The van der Waals surface area contributed by atoms with E-state index in [0.717, 1.165) is 10.2 Å². The summed E-state index contributed by atoms with van der Waals surface area (Å²) < 4.78 is 6.49. The van der Waals surface area contributed by atoms with Gasteiger partial charge in [-0.05, 0) is 46.0 Å². The molecule has 0 heterocycles. The minimum absolute atomic E-state index is 0.188. The minimum Gasteiger partial charge on any atom is -0.493 e. The normalized spacial score (nSPS) is 11.5. The Hall–Kier alpha value is -0.500. The highest BCUT2D eigenvalue weighted by molar-refractivity contribution is 9.10. The van der Waals surface area contributed by atoms with E-state index in [9.17, 15) is 0 Å². The molecule has 0 aromatic heterocycles. The SMILES string of the molecule is CCOc1ccc(C(C)(C)C)cc1Br. The Labute approximate surface area is 94.6 Å². The van der Waals surface area contributed by atoms with Gasteiger partial charge < -0.3 is 4.74 Å². The molecule has 1 rings (SSSR count). The van der Waals surface area contributed by atoms with Crippen LogP contribution in [0.1, 0.15) is 33.3 Å². The zero-order valence-corrected chi connectivity index (χ0v) is 10.8. The first-order chi connectivity index (χ1) is 6.45. The molecule has 0 aliphatic carbocycles. The fourth-order valence-corrected chi connectivity index (χ4v) is 1.73. The molecular weight excluding hydrogens is 240 g/mol. The van der Waals surface area contributed by atoms with Crippen molar-refractivity contribution in [1.82, 2.24) is 0 Å². The molecule has 0 aliphatic heterocycles. The maximum absolute atomic E-state index is 5.46. The minimum atomic E-state index is 0.188. The predicted molar refractivity (Wildman–Crippen MR) is 64.0 cm³/mol. The van der Waals surface area contributed by atoms with Crippen molar-refractivity contribution in [2.24, 2.45) is 0 Å². The molecule has 0 aliphatic rings. The van der Waals surface area contributed by atoms with E-state index in [-0.39, 0.29) is 5.41 Å². The highest BCUT2D eigenvalue weighted by atomic mass is 79.9. The summed E-state index contributed by atoms with van der Waals surface area (Å²) in [6.45, 7) is 9.30. The molecule has 1 aromatic carbocycles. The lowest BCUT2D eigenvalue weighted by Crippen LogP contribution is -2.10. The molecule has 0 unspecified atom stereocenters. The Kier molecular flexibility index (Phi) is 3.59. The quantitative estimate of drug-likeness (QED) is 0.773. The van der Waals surface area contributed by atoms with Crippen LogP contribution >= 0.6 is 15.9 Å². The summed E-state index contributed by atoms with van der Waals surface area (Å²) in [7, 11) is 0. The van der Waals surface area contributed by atoms with E-state index in [1.165, 1.54) is 5.56 Å². The van der Waals surface area contributed by atoms with Gasteiger partial charge in [-0.3, -0.25) is 0 Å². The van der Waals surface area contributed by atoms with Crippen LogP contribution in [0.5, 0.6) is 5.75 Å². The monoisotopic (exact) mass is 256 g/mol. The van der Waals surface area contributed by atoms with Crippen molar-refractivity contribution in [3.05, 3.63) is 28.2 Å². The largest absolute Gasteiger partial charge is 0.493 e. The molecule has 0 N–H and O–H groups in total. The van der Waals surface area contributed by atoms with Gasteiger partial charge in [-0.1, -0.05) is 26.8 Å². The average Bonchev–Trinajstić information content (AvgIpc) is 2.07. The van der Waals surface area contributed by atoms with Crippen LogP contribution in [0.4, 0.5) is 0 Å². The molecule has 0 bridgehead atoms. The highest BCUT2D eigenvalue weighted by Crippen LogP contribution is 2.31. The lowest BCUT2D eigenvalue weighted by atomic mass is 9.87. The molecule has 0 fully saturated rings. The summed E-state index contributed by atoms with van der Waals surface area (Å²) in [6, 6.07) is 6.27. The van der Waals surface area contributed by atoms with E-state index in [0.29, 0.717) is 6.61 Å². The zero-order chi connectivity index (χ0) is 10.8. The third kappa shape index (κ3) is 2.74. The predicted octanol–water partition coefficient (Wildman–Crippen LogP) is 4.15. The van der Waals surface area contributed by atoms with E-state index >= 15 is 0 Å². The van der Waals surface area contributed by atoms with Gasteiger partial charge in [-0.25, -0.2) is 0 Å². The second-order valence-corrected chi connectivity index (χ2v) is 5.18. The Bertz CT molecular complexity index is 313. The number of rotatable bonds is 2. The van der Waals surface area contributed by atoms with Crippen LogP contribution in [0.15, 0.2) is 22.7 Å². The van der Waals surface area contributed by atoms with E-state index in [4.69, 9.17) is 4.74 Å². The van der Waals surface area contributed by atoms with Gasteiger partial charge >= 0.3 is 0 Å². The molecule has 1 aromatic rings. The van der Waals surface area contributed by atoms with Crippen molar-refractivity contribution < 1.29 is 4.74 Å². The van der Waals surface area contributed by atoms with Crippen molar-refractivity contribution >= 4 is 15.9 Å². The number of ether oxygens (including phenoxy) is 1. The molecule has 0 spiro atoms. The second kappa shape index (κ2) is 4.35. The summed E-state index contributed by atoms with van der Waals surface area (Å²) in [5, 5.41) is 0. The van der Waals surface area contributed by atoms with E-state index < -0.39 is 0 Å². The van der Waals surface area contributed by atoms with Crippen LogP contribution in [0.25, 0.3) is 0 Å². The number of hydrogen-bond acceptors (Lipinski definition) is 1. The van der Waals surface area contributed by atoms with Crippen molar-refractivity contribution in [1.29, 1.82) is 0 Å². The van der Waals surface area contributed by atoms with Gasteiger partial charge in [0, 0.05) is 0 Å². The molecule has 14 heavy (non-hydrogen) atoms. The molecule has 0 atom stereocenters. The summed E-state index contributed by atoms with van der Waals surface area (Å²) >= 11 is 3.52. The second-order valence-electron chi connectivity index (χ2n) is 4.33. The summed E-state index contributed by atoms with van der Waals surface area (Å²) in [5.74, 6) is 0.917. The molecule has 78 valence electrons. The van der Waals surface area contributed by atoms with Gasteiger partial charge in [0.1, 0.15) is 5.75 Å². The van der Waals surface area contributed by atoms with Crippen LogP contribution < -0.4 is 4.74 Å². The van der Waals surface area contributed by atoms with Crippen molar-refractivity contribution in [2.45, 2.75) is 33.1 Å². The Balaban J connectivity index is 3.01. The van der Waals surface area contributed by atoms with Gasteiger partial charge in [0.2, 0.25) is 0 Å². The Morgan fingerprint density at radius 2 is 1.93 bits per heavy atom. The molecule has 0 radical (unpaired) electrons. The zero-order valence-electron chi connectivity index (χ0n) is 9.23. The van der Waals surface area contributed by atoms with Gasteiger partial charge in [0.15, 0.2) is 0 Å². The fourth-order valence-electron chi connectivity index (χ4n) is 1.24. The summed E-state index contributed by atoms with van der Waals surface area (Å²) in [4.78, 5) is 0. The third-order valence-corrected chi connectivity index (χ3v) is 2.72. The van der Waals surface area contributed by atoms with Crippen molar-refractivity contribution in [2.75, 3.05) is 6.61 Å². The van der Waals surface area contributed by atoms with Crippen LogP contribution in [0, 0.1) is 0 Å². The van der Waals surface area contributed by atoms with Crippen molar-refractivity contribution in [3.63, 3.8) is 0 Å². The van der Waals surface area contributed by atoms with E-state index in [1.54, 1.807) is 0 Å². The standard InChI is InChI=1S/C12H17BrO/c1-5-14-11-7-6-9(8-10(11)13)12(2,3)4/h6-8H,5H2,1-4H3. The van der Waals surface area contributed by atoms with Gasteiger partial charge in [0.05, 0.1) is 11.1 Å². The van der Waals surface area contributed by atoms with Crippen molar-refractivity contribution in [3.8, 4) is 5.75 Å². The molecule has 0 saturated heterocycles. The fraction of sp³-hybridized carbons (Fsp3) is 0.500. The summed E-state index contributed by atoms with van der Waals surface area (Å²) in [6.07, 6.45) is 0. The van der Waals surface area contributed by atoms with Gasteiger partial charge in [-0.15, -0.1) is 0 Å². The summed E-state index contributed by atoms with van der Waals surface area (Å²) in [5.41, 5.74) is 1.50. The van der Waals surface area contributed by atoms with Crippen LogP contribution in [0.2, 0.25) is 0 Å². The van der Waals surface area contributed by atoms with Gasteiger partial charge in [0.25, 0.3) is 0 Å². The Morgan fingerprint density at radius 1 is 1.29 bits per heavy atom. The number of hydrogen-bond donors (Lipinski definition) is 0. The highest BCUT2D eigenvalue weighted by Gasteiger charge is 2.14. The van der Waals surface area contributed by atoms with Crippen LogP contribution in [0.3, 0.4) is 0 Å². The lowest BCUT2D eigenvalue weighted by molar-refractivity contribution is 0.338. The average molecular weight is 257 g/mol. The Morgan fingerprint density at radius 3 is 2.36 bits per heavy atom. The smallest absolute Gasteiger partial charge is 0.133 e. The lowest BCUT2D eigenvalue weighted by Gasteiger charge is -2.20. The third-order valence-electron chi connectivity index (χ3n) is 2.10. The van der Waals surface area contributed by atoms with Crippen LogP contribution in [-0.4, -0.2) is 6.61 Å². The maximum Gasteiger partial charge on any atom is 0.133 e. The maximum atomic E-state index is 5.46. The number of benzene rings is 1.